The maximum Gasteiger partial charge on any atom is 0.276 e. The Labute approximate surface area is 160 Å². The van der Waals surface area contributed by atoms with Gasteiger partial charge in [0.25, 0.3) is 5.91 Å². The topological polar surface area (TPSA) is 69.5 Å². The van der Waals surface area contributed by atoms with Gasteiger partial charge in [-0.25, -0.2) is 0 Å². The number of hydrogen-bond acceptors (Lipinski definition) is 3. The Morgan fingerprint density at radius 2 is 2.00 bits per heavy atom. The number of nitriles is 1. The lowest BCUT2D eigenvalue weighted by molar-refractivity contribution is -0.676. The molecule has 0 radical (unpaired) electrons. The second kappa shape index (κ2) is 8.98. The van der Waals surface area contributed by atoms with Crippen molar-refractivity contribution in [2.75, 3.05) is 6.54 Å². The molecule has 1 amide bonds. The normalized spacial score (nSPS) is 14.5. The van der Waals surface area contributed by atoms with Crippen LogP contribution in [-0.4, -0.2) is 18.0 Å². The number of amides is 1. The smallest absolute Gasteiger partial charge is 0.276 e. The lowest BCUT2D eigenvalue weighted by Gasteiger charge is -2.27. The summed E-state index contributed by atoms with van der Waals surface area (Å²) in [5.41, 5.74) is 1.65. The number of nitrogens with zero attached hydrogens (tertiary/aromatic N) is 1. The first-order valence-electron chi connectivity index (χ1n) is 9.07. The SMILES string of the molecule is CCc1ccc([C@H]([NH2+]CC(=O)N[C@@](C)(C#N)C(C)C)c2cccs2)cc1. The second-order valence-electron chi connectivity index (χ2n) is 7.05. The van der Waals surface area contributed by atoms with E-state index in [1.807, 2.05) is 25.2 Å². The summed E-state index contributed by atoms with van der Waals surface area (Å²) in [7, 11) is 0. The quantitative estimate of drug-likeness (QED) is 0.750. The van der Waals surface area contributed by atoms with Crippen molar-refractivity contribution in [3.05, 3.63) is 57.8 Å². The van der Waals surface area contributed by atoms with Gasteiger partial charge < -0.3 is 10.6 Å². The van der Waals surface area contributed by atoms with Gasteiger partial charge in [-0.2, -0.15) is 5.26 Å². The fraction of sp³-hybridized carbons (Fsp3) is 0.429. The summed E-state index contributed by atoms with van der Waals surface area (Å²) in [5.74, 6) is -0.0689. The Morgan fingerprint density at radius 3 is 2.50 bits per heavy atom. The van der Waals surface area contributed by atoms with Gasteiger partial charge in [0.2, 0.25) is 0 Å². The molecule has 0 saturated heterocycles. The van der Waals surface area contributed by atoms with Gasteiger partial charge in [0.1, 0.15) is 11.6 Å². The number of rotatable bonds is 8. The number of nitrogens with two attached hydrogens (primary N) is 1. The highest BCUT2D eigenvalue weighted by Gasteiger charge is 2.31. The molecular formula is C21H28N3OS+. The fourth-order valence-corrected chi connectivity index (χ4v) is 3.56. The van der Waals surface area contributed by atoms with Crippen LogP contribution in [0.15, 0.2) is 41.8 Å². The molecule has 0 unspecified atom stereocenters. The number of carbonyl (C=O) groups is 1. The zero-order valence-corrected chi connectivity index (χ0v) is 16.8. The molecule has 0 saturated carbocycles. The predicted octanol–water partition coefficient (Wildman–Crippen LogP) is 3.02. The number of nitrogens with one attached hydrogen (secondary N) is 1. The highest BCUT2D eigenvalue weighted by molar-refractivity contribution is 7.10. The van der Waals surface area contributed by atoms with Crippen molar-refractivity contribution in [1.29, 1.82) is 5.26 Å². The van der Waals surface area contributed by atoms with E-state index in [1.54, 1.807) is 18.3 Å². The second-order valence-corrected chi connectivity index (χ2v) is 8.02. The van der Waals surface area contributed by atoms with Crippen LogP contribution in [0.1, 0.15) is 49.7 Å². The third-order valence-corrected chi connectivity index (χ3v) is 5.88. The summed E-state index contributed by atoms with van der Waals surface area (Å²) in [4.78, 5) is 13.7. The Kier molecular flexibility index (Phi) is 6.96. The van der Waals surface area contributed by atoms with Crippen LogP contribution in [0.5, 0.6) is 0 Å². The summed E-state index contributed by atoms with van der Waals surface area (Å²) in [5, 5.41) is 16.4. The Morgan fingerprint density at radius 1 is 1.31 bits per heavy atom. The Bertz CT molecular complexity index is 747. The molecule has 2 atom stereocenters. The van der Waals surface area contributed by atoms with Crippen molar-refractivity contribution in [3.63, 3.8) is 0 Å². The van der Waals surface area contributed by atoms with E-state index in [0.717, 1.165) is 6.42 Å². The molecule has 3 N–H and O–H groups in total. The number of quaternary nitrogens is 1. The molecule has 5 heteroatoms. The van der Waals surface area contributed by atoms with Gasteiger partial charge in [-0.1, -0.05) is 51.1 Å². The molecule has 0 aliphatic heterocycles. The first-order chi connectivity index (χ1) is 12.4. The number of thiophene rings is 1. The average molecular weight is 371 g/mol. The van der Waals surface area contributed by atoms with Gasteiger partial charge in [-0.3, -0.25) is 4.79 Å². The molecule has 0 spiro atoms. The van der Waals surface area contributed by atoms with E-state index in [9.17, 15) is 10.1 Å². The molecule has 4 nitrogen and oxygen atoms in total. The molecule has 0 aliphatic carbocycles. The van der Waals surface area contributed by atoms with Crippen LogP contribution in [0.3, 0.4) is 0 Å². The fourth-order valence-electron chi connectivity index (χ4n) is 2.71. The van der Waals surface area contributed by atoms with Crippen molar-refractivity contribution in [2.24, 2.45) is 5.92 Å². The summed E-state index contributed by atoms with van der Waals surface area (Å²) >= 11 is 1.69. The Balaban J connectivity index is 2.11. The molecular weight excluding hydrogens is 342 g/mol. The molecule has 0 fully saturated rings. The van der Waals surface area contributed by atoms with Gasteiger partial charge in [-0.15, -0.1) is 11.3 Å². The van der Waals surface area contributed by atoms with Crippen LogP contribution in [0.2, 0.25) is 0 Å². The van der Waals surface area contributed by atoms with Crippen LogP contribution >= 0.6 is 11.3 Å². The third kappa shape index (κ3) is 4.94. The van der Waals surface area contributed by atoms with Crippen LogP contribution in [0.4, 0.5) is 0 Å². The third-order valence-electron chi connectivity index (χ3n) is 4.92. The molecule has 26 heavy (non-hydrogen) atoms. The molecule has 0 bridgehead atoms. The lowest BCUT2D eigenvalue weighted by atomic mass is 9.90. The summed E-state index contributed by atoms with van der Waals surface area (Å²) in [6, 6.07) is 15.0. The van der Waals surface area contributed by atoms with Crippen LogP contribution < -0.4 is 10.6 Å². The zero-order valence-electron chi connectivity index (χ0n) is 16.0. The van der Waals surface area contributed by atoms with E-state index < -0.39 is 5.54 Å². The van der Waals surface area contributed by atoms with E-state index in [4.69, 9.17) is 0 Å². The van der Waals surface area contributed by atoms with Gasteiger partial charge in [0.05, 0.1) is 10.9 Å². The average Bonchev–Trinajstić information content (AvgIpc) is 3.16. The Hall–Kier alpha value is -2.16. The highest BCUT2D eigenvalue weighted by atomic mass is 32.1. The largest absolute Gasteiger partial charge is 0.333 e. The molecule has 2 aromatic rings. The van der Waals surface area contributed by atoms with Crippen LogP contribution in [0, 0.1) is 17.2 Å². The van der Waals surface area contributed by atoms with Crippen LogP contribution in [0.25, 0.3) is 0 Å². The number of carbonyl (C=O) groups excluding carboxylic acids is 1. The van der Waals surface area contributed by atoms with Crippen molar-refractivity contribution < 1.29 is 10.1 Å². The molecule has 0 aliphatic rings. The monoisotopic (exact) mass is 370 g/mol. The predicted molar refractivity (Wildman–Crippen MR) is 106 cm³/mol. The minimum atomic E-state index is -0.841. The minimum Gasteiger partial charge on any atom is -0.333 e. The maximum absolute atomic E-state index is 12.4. The van der Waals surface area contributed by atoms with Crippen molar-refractivity contribution in [1.82, 2.24) is 5.32 Å². The van der Waals surface area contributed by atoms with E-state index in [2.05, 4.69) is 54.0 Å². The standard InChI is InChI=1S/C21H27N3OS/c1-5-16-8-10-17(11-9-16)20(18-7-6-12-26-18)23-13-19(25)24-21(4,14-22)15(2)3/h6-12,15,20,23H,5,13H2,1-4H3,(H,24,25)/p+1/t20-,21-/m0/s1. The van der Waals surface area contributed by atoms with Gasteiger partial charge in [0.15, 0.2) is 6.54 Å². The lowest BCUT2D eigenvalue weighted by Crippen LogP contribution is -2.88. The first-order valence-corrected chi connectivity index (χ1v) is 9.95. The molecule has 138 valence electrons. The molecule has 1 heterocycles. The first kappa shape index (κ1) is 20.2. The van der Waals surface area contributed by atoms with Crippen LogP contribution in [-0.2, 0) is 11.2 Å². The maximum atomic E-state index is 12.4. The number of aryl methyl sites for hydroxylation is 1. The van der Waals surface area contributed by atoms with Gasteiger partial charge in [-0.05, 0) is 36.3 Å². The zero-order chi connectivity index (χ0) is 19.2. The summed E-state index contributed by atoms with van der Waals surface area (Å²) in [6.07, 6.45) is 1.01. The number of hydrogen-bond donors (Lipinski definition) is 2. The summed E-state index contributed by atoms with van der Waals surface area (Å²) in [6.45, 7) is 8.08. The highest BCUT2D eigenvalue weighted by Crippen LogP contribution is 2.23. The van der Waals surface area contributed by atoms with E-state index in [1.165, 1.54) is 16.0 Å². The van der Waals surface area contributed by atoms with E-state index in [0.29, 0.717) is 0 Å². The van der Waals surface area contributed by atoms with Crippen molar-refractivity contribution in [3.8, 4) is 6.07 Å². The summed E-state index contributed by atoms with van der Waals surface area (Å²) < 4.78 is 0. The molecule has 2 rings (SSSR count). The van der Waals surface area contributed by atoms with E-state index >= 15 is 0 Å². The van der Waals surface area contributed by atoms with Crippen molar-refractivity contribution in [2.45, 2.75) is 45.7 Å². The minimum absolute atomic E-state index is 0.0473. The number of benzene rings is 1. The molecule has 1 aromatic carbocycles. The van der Waals surface area contributed by atoms with Crippen molar-refractivity contribution >= 4 is 17.2 Å². The molecule has 1 aromatic heterocycles. The van der Waals surface area contributed by atoms with Gasteiger partial charge >= 0.3 is 0 Å². The van der Waals surface area contributed by atoms with Gasteiger partial charge in [0, 0.05) is 5.56 Å². The van der Waals surface area contributed by atoms with E-state index in [-0.39, 0.29) is 24.4 Å².